The van der Waals surface area contributed by atoms with Crippen molar-refractivity contribution in [2.45, 2.75) is 19.1 Å². The molecule has 0 saturated carbocycles. The first-order chi connectivity index (χ1) is 14.0. The highest BCUT2D eigenvalue weighted by Crippen LogP contribution is 2.36. The van der Waals surface area contributed by atoms with E-state index in [4.69, 9.17) is 15.2 Å². The van der Waals surface area contributed by atoms with Crippen molar-refractivity contribution in [2.24, 2.45) is 7.05 Å². The van der Waals surface area contributed by atoms with Gasteiger partial charge < -0.3 is 20.5 Å². The molecule has 1 unspecified atom stereocenters. The average Bonchev–Trinajstić information content (AvgIpc) is 2.69. The molecule has 0 saturated heterocycles. The summed E-state index contributed by atoms with van der Waals surface area (Å²) >= 11 is 0. The zero-order chi connectivity index (χ0) is 22.2. The van der Waals surface area contributed by atoms with Crippen LogP contribution >= 0.6 is 0 Å². The number of hydrogen-bond acceptors (Lipinski definition) is 6. The van der Waals surface area contributed by atoms with Gasteiger partial charge in [0, 0.05) is 18.1 Å². The van der Waals surface area contributed by atoms with Gasteiger partial charge in [-0.05, 0) is 42.8 Å². The molecule has 3 aromatic rings. The molecule has 1 heterocycles. The second-order valence-corrected chi connectivity index (χ2v) is 6.78. The lowest BCUT2D eigenvalue weighted by atomic mass is 10.0. The van der Waals surface area contributed by atoms with Gasteiger partial charge in [0.25, 0.3) is 5.56 Å². The van der Waals surface area contributed by atoms with Gasteiger partial charge in [0.05, 0.1) is 31.2 Å². The molecular weight excluding hydrogens is 401 g/mol. The van der Waals surface area contributed by atoms with Crippen LogP contribution in [0.1, 0.15) is 24.1 Å². The minimum atomic E-state index is -4.52. The molecule has 0 radical (unpaired) electrons. The molecule has 1 aromatic heterocycles. The Kier molecular flexibility index (Phi) is 5.51. The number of aryl methyl sites for hydroxylation is 1. The maximum Gasteiger partial charge on any atom is 0.416 e. The fourth-order valence-corrected chi connectivity index (χ4v) is 3.16. The van der Waals surface area contributed by atoms with Crippen molar-refractivity contribution < 1.29 is 22.6 Å². The molecule has 0 fully saturated rings. The molecule has 0 aliphatic heterocycles. The molecule has 0 bridgehead atoms. The lowest BCUT2D eigenvalue weighted by Crippen LogP contribution is -2.22. The Morgan fingerprint density at radius 3 is 2.23 bits per heavy atom. The number of halogens is 3. The molecule has 30 heavy (non-hydrogen) atoms. The number of nitrogens with two attached hydrogens (primary N) is 1. The number of benzene rings is 2. The predicted molar refractivity (Wildman–Crippen MR) is 108 cm³/mol. The molecule has 0 aliphatic carbocycles. The zero-order valence-electron chi connectivity index (χ0n) is 16.8. The zero-order valence-corrected chi connectivity index (χ0v) is 16.8. The summed E-state index contributed by atoms with van der Waals surface area (Å²) in [6, 6.07) is 5.92. The number of methoxy groups -OCH3 is 2. The summed E-state index contributed by atoms with van der Waals surface area (Å²) < 4.78 is 51.1. The number of aromatic nitrogens is 2. The standard InChI is InChI=1S/C20H21F3N4O3/c1-10(11-5-12(20(21,22)23)7-13(24)6-11)25-18-14-8-16(29-3)17(30-4)9-15(14)19(28)27(2)26-18/h5-10H,24H2,1-4H3,(H,25,26). The number of rotatable bonds is 5. The van der Waals surface area contributed by atoms with E-state index in [1.165, 1.54) is 33.4 Å². The summed E-state index contributed by atoms with van der Waals surface area (Å²) in [6.07, 6.45) is -4.52. The summed E-state index contributed by atoms with van der Waals surface area (Å²) in [7, 11) is 4.39. The van der Waals surface area contributed by atoms with E-state index in [0.717, 1.165) is 16.8 Å². The molecule has 3 rings (SSSR count). The topological polar surface area (TPSA) is 91.4 Å². The second-order valence-electron chi connectivity index (χ2n) is 6.78. The highest BCUT2D eigenvalue weighted by molar-refractivity contribution is 5.93. The lowest BCUT2D eigenvalue weighted by molar-refractivity contribution is -0.137. The van der Waals surface area contributed by atoms with E-state index in [1.54, 1.807) is 13.0 Å². The van der Waals surface area contributed by atoms with Gasteiger partial charge in [-0.2, -0.15) is 18.3 Å². The van der Waals surface area contributed by atoms with E-state index in [9.17, 15) is 18.0 Å². The van der Waals surface area contributed by atoms with Crippen molar-refractivity contribution in [1.82, 2.24) is 9.78 Å². The molecule has 1 atom stereocenters. The summed E-state index contributed by atoms with van der Waals surface area (Å²) in [6.45, 7) is 1.67. The van der Waals surface area contributed by atoms with Crippen molar-refractivity contribution in [2.75, 3.05) is 25.3 Å². The molecule has 0 amide bonds. The molecule has 3 N–H and O–H groups in total. The van der Waals surface area contributed by atoms with Crippen LogP contribution in [-0.4, -0.2) is 24.0 Å². The number of nitrogens with one attached hydrogen (secondary N) is 1. The van der Waals surface area contributed by atoms with Crippen LogP contribution in [0.3, 0.4) is 0 Å². The van der Waals surface area contributed by atoms with Crippen LogP contribution in [0.25, 0.3) is 10.8 Å². The van der Waals surface area contributed by atoms with E-state index in [0.29, 0.717) is 33.7 Å². The van der Waals surface area contributed by atoms with Crippen molar-refractivity contribution in [3.63, 3.8) is 0 Å². The van der Waals surface area contributed by atoms with Gasteiger partial charge in [0.1, 0.15) is 0 Å². The maximum atomic E-state index is 13.1. The first-order valence-corrected chi connectivity index (χ1v) is 8.92. The molecule has 0 spiro atoms. The Morgan fingerprint density at radius 1 is 1.07 bits per heavy atom. The van der Waals surface area contributed by atoms with Crippen LogP contribution in [0.15, 0.2) is 35.1 Å². The highest BCUT2D eigenvalue weighted by Gasteiger charge is 2.31. The summed E-state index contributed by atoms with van der Waals surface area (Å²) in [5.41, 5.74) is 4.80. The number of ether oxygens (including phenoxy) is 2. The third kappa shape index (κ3) is 3.98. The number of nitrogens with zero attached hydrogens (tertiary/aromatic N) is 2. The SMILES string of the molecule is COc1cc2c(NC(C)c3cc(N)cc(C(F)(F)F)c3)nn(C)c(=O)c2cc1OC. The lowest BCUT2D eigenvalue weighted by Gasteiger charge is -2.19. The van der Waals surface area contributed by atoms with Gasteiger partial charge >= 0.3 is 6.18 Å². The Balaban J connectivity index is 2.11. The molecule has 7 nitrogen and oxygen atoms in total. The van der Waals surface area contributed by atoms with Crippen LogP contribution < -0.4 is 26.1 Å². The van der Waals surface area contributed by atoms with Crippen LogP contribution in [-0.2, 0) is 13.2 Å². The second kappa shape index (κ2) is 7.77. The van der Waals surface area contributed by atoms with E-state index in [-0.39, 0.29) is 11.2 Å². The average molecular weight is 422 g/mol. The quantitative estimate of drug-likeness (QED) is 0.609. The Labute approximate surface area is 170 Å². The van der Waals surface area contributed by atoms with Gasteiger partial charge in [-0.25, -0.2) is 4.68 Å². The molecule has 160 valence electrons. The first-order valence-electron chi connectivity index (χ1n) is 8.92. The largest absolute Gasteiger partial charge is 0.493 e. The van der Waals surface area contributed by atoms with Crippen LogP contribution in [0, 0.1) is 0 Å². The van der Waals surface area contributed by atoms with E-state index in [1.807, 2.05) is 0 Å². The normalized spacial score (nSPS) is 12.6. The molecule has 0 aliphatic rings. The summed E-state index contributed by atoms with van der Waals surface area (Å²) in [5.74, 6) is 1.06. The van der Waals surface area contributed by atoms with Crippen molar-refractivity contribution in [3.8, 4) is 11.5 Å². The van der Waals surface area contributed by atoms with Gasteiger partial charge in [-0.1, -0.05) is 0 Å². The molecule has 10 heteroatoms. The van der Waals surface area contributed by atoms with E-state index < -0.39 is 17.8 Å². The number of hydrogen-bond donors (Lipinski definition) is 2. The third-order valence-electron chi connectivity index (χ3n) is 4.71. The van der Waals surface area contributed by atoms with E-state index >= 15 is 0 Å². The van der Waals surface area contributed by atoms with Gasteiger partial charge in [-0.3, -0.25) is 4.79 Å². The van der Waals surface area contributed by atoms with Crippen LogP contribution in [0.4, 0.5) is 24.7 Å². The monoisotopic (exact) mass is 422 g/mol. The van der Waals surface area contributed by atoms with Crippen molar-refractivity contribution in [1.29, 1.82) is 0 Å². The minimum Gasteiger partial charge on any atom is -0.493 e. The molecule has 2 aromatic carbocycles. The predicted octanol–water partition coefficient (Wildman–Crippen LogP) is 3.72. The Hall–Kier alpha value is -3.43. The first kappa shape index (κ1) is 21.3. The minimum absolute atomic E-state index is 0.00170. The highest BCUT2D eigenvalue weighted by atomic mass is 19.4. The van der Waals surface area contributed by atoms with Gasteiger partial charge in [0.2, 0.25) is 0 Å². The van der Waals surface area contributed by atoms with Gasteiger partial charge in [0.15, 0.2) is 17.3 Å². The van der Waals surface area contributed by atoms with E-state index in [2.05, 4.69) is 10.4 Å². The number of alkyl halides is 3. The summed E-state index contributed by atoms with van der Waals surface area (Å²) in [4.78, 5) is 12.5. The Bertz CT molecular complexity index is 1160. The summed E-state index contributed by atoms with van der Waals surface area (Å²) in [5, 5.41) is 8.08. The van der Waals surface area contributed by atoms with Crippen molar-refractivity contribution in [3.05, 3.63) is 51.8 Å². The Morgan fingerprint density at radius 2 is 1.67 bits per heavy atom. The number of anilines is 2. The maximum absolute atomic E-state index is 13.1. The van der Waals surface area contributed by atoms with Crippen molar-refractivity contribution >= 4 is 22.3 Å². The number of nitrogen functional groups attached to an aromatic ring is 1. The van der Waals surface area contributed by atoms with Crippen LogP contribution in [0.5, 0.6) is 11.5 Å². The molecular formula is C20H21F3N4O3. The fourth-order valence-electron chi connectivity index (χ4n) is 3.16. The smallest absolute Gasteiger partial charge is 0.416 e. The fraction of sp³-hybridized carbons (Fsp3) is 0.300. The van der Waals surface area contributed by atoms with Crippen LogP contribution in [0.2, 0.25) is 0 Å². The number of fused-ring (bicyclic) bond motifs is 1. The third-order valence-corrected chi connectivity index (χ3v) is 4.71. The van der Waals surface area contributed by atoms with Gasteiger partial charge in [-0.15, -0.1) is 0 Å².